The van der Waals surface area contributed by atoms with Crippen molar-refractivity contribution in [2.75, 3.05) is 18.1 Å². The molecule has 1 amide bonds. The second-order valence-electron chi connectivity index (χ2n) is 5.25. The molecule has 0 spiro atoms. The summed E-state index contributed by atoms with van der Waals surface area (Å²) in [6.07, 6.45) is -0.0576. The van der Waals surface area contributed by atoms with E-state index in [2.05, 4.69) is 0 Å². The predicted octanol–water partition coefficient (Wildman–Crippen LogP) is 2.47. The molecule has 1 heterocycles. The molecular weight excluding hydrogens is 293 g/mol. The fourth-order valence-corrected chi connectivity index (χ4v) is 3.59. The maximum atomic E-state index is 13.7. The summed E-state index contributed by atoms with van der Waals surface area (Å²) in [6, 6.07) is 2.76. The summed E-state index contributed by atoms with van der Waals surface area (Å²) < 4.78 is 13.7. The Bertz CT molecular complexity index is 553. The summed E-state index contributed by atoms with van der Waals surface area (Å²) in [4.78, 5) is 25.1. The van der Waals surface area contributed by atoms with Gasteiger partial charge in [0.05, 0.1) is 12.5 Å². The number of hydrogen-bond donors (Lipinski definition) is 1. The topological polar surface area (TPSA) is 57.6 Å². The van der Waals surface area contributed by atoms with Crippen molar-refractivity contribution < 1.29 is 19.1 Å². The number of aliphatic carboxylic acids is 1. The van der Waals surface area contributed by atoms with Crippen molar-refractivity contribution >= 4 is 23.6 Å². The molecule has 0 aromatic heterocycles. The van der Waals surface area contributed by atoms with Gasteiger partial charge in [0.1, 0.15) is 5.82 Å². The molecule has 21 heavy (non-hydrogen) atoms. The number of rotatable bonds is 3. The lowest BCUT2D eigenvalue weighted by molar-refractivity contribution is -0.138. The quantitative estimate of drug-likeness (QED) is 0.931. The predicted molar refractivity (Wildman–Crippen MR) is 80.3 cm³/mol. The Labute approximate surface area is 127 Å². The first-order chi connectivity index (χ1) is 9.90. The lowest BCUT2D eigenvalue weighted by Gasteiger charge is -2.34. The molecule has 0 saturated carbocycles. The van der Waals surface area contributed by atoms with Crippen LogP contribution < -0.4 is 0 Å². The van der Waals surface area contributed by atoms with Gasteiger partial charge in [-0.2, -0.15) is 11.8 Å². The lowest BCUT2D eigenvalue weighted by Crippen LogP contribution is -2.47. The Hall–Kier alpha value is -1.56. The van der Waals surface area contributed by atoms with Gasteiger partial charge in [-0.05, 0) is 37.1 Å². The van der Waals surface area contributed by atoms with Crippen molar-refractivity contribution in [1.82, 2.24) is 4.90 Å². The van der Waals surface area contributed by atoms with Crippen LogP contribution in [0.3, 0.4) is 0 Å². The Morgan fingerprint density at radius 2 is 2.00 bits per heavy atom. The third kappa shape index (κ3) is 3.56. The van der Waals surface area contributed by atoms with Crippen LogP contribution in [0.2, 0.25) is 0 Å². The zero-order valence-corrected chi connectivity index (χ0v) is 12.9. The van der Waals surface area contributed by atoms with Gasteiger partial charge in [0.25, 0.3) is 5.91 Å². The third-order valence-electron chi connectivity index (χ3n) is 3.58. The number of halogens is 1. The number of aryl methyl sites for hydroxylation is 2. The molecule has 6 heteroatoms. The largest absolute Gasteiger partial charge is 0.481 e. The minimum absolute atomic E-state index is 0.0576. The highest BCUT2D eigenvalue weighted by Crippen LogP contribution is 2.23. The van der Waals surface area contributed by atoms with E-state index in [0.717, 1.165) is 5.75 Å². The molecule has 1 fully saturated rings. The van der Waals surface area contributed by atoms with Gasteiger partial charge in [0.2, 0.25) is 0 Å². The fourth-order valence-electron chi connectivity index (χ4n) is 2.53. The minimum Gasteiger partial charge on any atom is -0.481 e. The molecule has 1 aromatic carbocycles. The van der Waals surface area contributed by atoms with Crippen LogP contribution >= 0.6 is 11.8 Å². The van der Waals surface area contributed by atoms with Crippen molar-refractivity contribution in [2.45, 2.75) is 26.3 Å². The molecule has 0 bridgehead atoms. The van der Waals surface area contributed by atoms with E-state index in [1.807, 2.05) is 0 Å². The average Bonchev–Trinajstić information content (AvgIpc) is 2.43. The van der Waals surface area contributed by atoms with E-state index in [4.69, 9.17) is 5.11 Å². The zero-order chi connectivity index (χ0) is 15.6. The Balaban J connectivity index is 2.26. The van der Waals surface area contributed by atoms with Gasteiger partial charge in [-0.25, -0.2) is 4.39 Å². The molecule has 1 saturated heterocycles. The second kappa shape index (κ2) is 6.47. The molecule has 1 aromatic rings. The number of amides is 1. The Morgan fingerprint density at radius 1 is 1.38 bits per heavy atom. The van der Waals surface area contributed by atoms with Crippen molar-refractivity contribution in [1.29, 1.82) is 0 Å². The lowest BCUT2D eigenvalue weighted by atomic mass is 10.0. The first kappa shape index (κ1) is 15.8. The van der Waals surface area contributed by atoms with Crippen molar-refractivity contribution in [3.8, 4) is 0 Å². The van der Waals surface area contributed by atoms with E-state index < -0.39 is 5.97 Å². The number of nitrogens with zero attached hydrogens (tertiary/aromatic N) is 1. The van der Waals surface area contributed by atoms with Crippen LogP contribution in [0.4, 0.5) is 4.39 Å². The summed E-state index contributed by atoms with van der Waals surface area (Å²) >= 11 is 1.65. The molecule has 1 unspecified atom stereocenters. The Morgan fingerprint density at radius 3 is 2.57 bits per heavy atom. The fraction of sp³-hybridized carbons (Fsp3) is 0.467. The number of benzene rings is 1. The zero-order valence-electron chi connectivity index (χ0n) is 12.1. The van der Waals surface area contributed by atoms with Crippen molar-refractivity contribution in [3.63, 3.8) is 0 Å². The summed E-state index contributed by atoms with van der Waals surface area (Å²) in [5, 5.41) is 8.96. The summed E-state index contributed by atoms with van der Waals surface area (Å²) in [5.41, 5.74) is 1.28. The number of thioether (sulfide) groups is 1. The number of carboxylic acid groups (broad SMARTS) is 1. The standard InChI is InChI=1S/C15H18FNO3S/c1-9-5-11(6-10(2)14(9)16)15(20)17-3-4-21-8-12(17)7-13(18)19/h5-6,12H,3-4,7-8H2,1-2H3,(H,18,19). The van der Waals surface area contributed by atoms with Crippen LogP contribution in [0.15, 0.2) is 12.1 Å². The van der Waals surface area contributed by atoms with Gasteiger partial charge < -0.3 is 10.0 Å². The van der Waals surface area contributed by atoms with E-state index in [1.54, 1.807) is 30.5 Å². The second-order valence-corrected chi connectivity index (χ2v) is 6.40. The highest BCUT2D eigenvalue weighted by molar-refractivity contribution is 7.99. The van der Waals surface area contributed by atoms with Crippen molar-refractivity contribution in [3.05, 3.63) is 34.6 Å². The number of carbonyl (C=O) groups is 2. The van der Waals surface area contributed by atoms with Crippen LogP contribution in [0, 0.1) is 19.7 Å². The molecule has 4 nitrogen and oxygen atoms in total. The van der Waals surface area contributed by atoms with Gasteiger partial charge in [-0.1, -0.05) is 0 Å². The maximum Gasteiger partial charge on any atom is 0.305 e. The van der Waals surface area contributed by atoms with E-state index >= 15 is 0 Å². The summed E-state index contributed by atoms with van der Waals surface area (Å²) in [7, 11) is 0. The monoisotopic (exact) mass is 311 g/mol. The molecule has 1 atom stereocenters. The average molecular weight is 311 g/mol. The maximum absolute atomic E-state index is 13.7. The molecule has 114 valence electrons. The van der Waals surface area contributed by atoms with E-state index in [-0.39, 0.29) is 24.2 Å². The minimum atomic E-state index is -0.910. The molecule has 1 aliphatic rings. The molecule has 1 aliphatic heterocycles. The summed E-state index contributed by atoms with van der Waals surface area (Å²) in [6.45, 7) is 3.77. The van der Waals surface area contributed by atoms with E-state index in [1.165, 1.54) is 12.1 Å². The van der Waals surface area contributed by atoms with E-state index in [0.29, 0.717) is 29.0 Å². The Kier molecular flexibility index (Phi) is 4.88. The van der Waals surface area contributed by atoms with Gasteiger partial charge in [0, 0.05) is 23.6 Å². The molecule has 2 rings (SSSR count). The third-order valence-corrected chi connectivity index (χ3v) is 4.67. The number of carbonyl (C=O) groups excluding carboxylic acids is 1. The molecule has 0 radical (unpaired) electrons. The highest BCUT2D eigenvalue weighted by atomic mass is 32.2. The molecular formula is C15H18FNO3S. The van der Waals surface area contributed by atoms with E-state index in [9.17, 15) is 14.0 Å². The number of hydrogen-bond acceptors (Lipinski definition) is 3. The van der Waals surface area contributed by atoms with Gasteiger partial charge in [-0.15, -0.1) is 0 Å². The van der Waals surface area contributed by atoms with Crippen LogP contribution in [-0.4, -0.2) is 46.0 Å². The first-order valence-electron chi connectivity index (χ1n) is 6.77. The summed E-state index contributed by atoms with van der Waals surface area (Å²) in [5.74, 6) is -0.0135. The van der Waals surface area contributed by atoms with Crippen LogP contribution in [0.5, 0.6) is 0 Å². The number of carboxylic acids is 1. The first-order valence-corrected chi connectivity index (χ1v) is 7.93. The van der Waals surface area contributed by atoms with Gasteiger partial charge in [0.15, 0.2) is 0 Å². The van der Waals surface area contributed by atoms with Crippen LogP contribution in [0.1, 0.15) is 27.9 Å². The van der Waals surface area contributed by atoms with Crippen LogP contribution in [0.25, 0.3) is 0 Å². The van der Waals surface area contributed by atoms with Crippen LogP contribution in [-0.2, 0) is 4.79 Å². The normalized spacial score (nSPS) is 18.6. The molecule has 1 N–H and O–H groups in total. The smallest absolute Gasteiger partial charge is 0.305 e. The van der Waals surface area contributed by atoms with Crippen molar-refractivity contribution in [2.24, 2.45) is 0 Å². The van der Waals surface area contributed by atoms with Gasteiger partial charge >= 0.3 is 5.97 Å². The van der Waals surface area contributed by atoms with Gasteiger partial charge in [-0.3, -0.25) is 9.59 Å². The molecule has 0 aliphatic carbocycles. The highest BCUT2D eigenvalue weighted by Gasteiger charge is 2.29. The SMILES string of the molecule is Cc1cc(C(=O)N2CCSCC2CC(=O)O)cc(C)c1F.